The van der Waals surface area contributed by atoms with Crippen molar-refractivity contribution in [1.82, 2.24) is 20.2 Å². The average molecular weight is 397 g/mol. The van der Waals surface area contributed by atoms with E-state index >= 15 is 0 Å². The van der Waals surface area contributed by atoms with Crippen molar-refractivity contribution in [3.8, 4) is 17.5 Å². The summed E-state index contributed by atoms with van der Waals surface area (Å²) >= 11 is 0. The summed E-state index contributed by atoms with van der Waals surface area (Å²) in [7, 11) is 0. The van der Waals surface area contributed by atoms with Gasteiger partial charge in [-0.05, 0) is 52.2 Å². The van der Waals surface area contributed by atoms with Crippen molar-refractivity contribution in [2.24, 2.45) is 0 Å². The number of aromatic nitrogens is 2. The predicted octanol–water partition coefficient (Wildman–Crippen LogP) is 3.26. The molecule has 0 spiro atoms. The van der Waals surface area contributed by atoms with Crippen LogP contribution in [0.2, 0.25) is 0 Å². The zero-order chi connectivity index (χ0) is 21.2. The zero-order valence-corrected chi connectivity index (χ0v) is 17.5. The number of nitrogens with one attached hydrogen (secondary N) is 2. The summed E-state index contributed by atoms with van der Waals surface area (Å²) in [6, 6.07) is 6.98. The Morgan fingerprint density at radius 2 is 2.21 bits per heavy atom. The lowest BCUT2D eigenvalue weighted by Crippen LogP contribution is -2.48. The third-order valence-corrected chi connectivity index (χ3v) is 5.48. The highest BCUT2D eigenvalue weighted by Crippen LogP contribution is 2.23. The van der Waals surface area contributed by atoms with Gasteiger partial charge in [-0.15, -0.1) is 0 Å². The Morgan fingerprint density at radius 3 is 2.90 bits per heavy atom. The summed E-state index contributed by atoms with van der Waals surface area (Å²) in [4.78, 5) is 22.0. The highest BCUT2D eigenvalue weighted by molar-refractivity contribution is 5.79. The van der Waals surface area contributed by atoms with Gasteiger partial charge in [-0.3, -0.25) is 4.79 Å². The molecule has 1 aliphatic heterocycles. The summed E-state index contributed by atoms with van der Waals surface area (Å²) in [6.45, 7) is 8.54. The number of carbonyl (C=O) groups is 1. The highest BCUT2D eigenvalue weighted by atomic mass is 19.1. The third kappa shape index (κ3) is 4.83. The monoisotopic (exact) mass is 397 g/mol. The number of carbonyl (C=O) groups excluding carboxylic acids is 1. The molecule has 7 heteroatoms. The van der Waals surface area contributed by atoms with Crippen LogP contribution in [-0.4, -0.2) is 45.4 Å². The van der Waals surface area contributed by atoms with Gasteiger partial charge in [-0.25, -0.2) is 9.37 Å². The summed E-state index contributed by atoms with van der Waals surface area (Å²) < 4.78 is 13.9. The Hall–Kier alpha value is -2.72. The minimum atomic E-state index is -0.368. The number of hydrogen-bond acceptors (Lipinski definition) is 4. The predicted molar refractivity (Wildman–Crippen MR) is 110 cm³/mol. The molecule has 0 saturated carbocycles. The number of amides is 1. The summed E-state index contributed by atoms with van der Waals surface area (Å²) in [5.74, 6) is 0.338. The van der Waals surface area contributed by atoms with E-state index in [0.29, 0.717) is 29.9 Å². The average Bonchev–Trinajstić information content (AvgIpc) is 3.29. The van der Waals surface area contributed by atoms with Crippen molar-refractivity contribution >= 4 is 5.91 Å². The van der Waals surface area contributed by atoms with Crippen LogP contribution in [0.25, 0.3) is 11.4 Å². The van der Waals surface area contributed by atoms with Gasteiger partial charge in [0.1, 0.15) is 17.7 Å². The molecule has 3 rings (SSSR count). The molecule has 1 fully saturated rings. The number of aromatic amines is 1. The maximum absolute atomic E-state index is 13.9. The van der Waals surface area contributed by atoms with E-state index in [9.17, 15) is 9.18 Å². The van der Waals surface area contributed by atoms with Crippen LogP contribution in [0, 0.1) is 31.0 Å². The van der Waals surface area contributed by atoms with Gasteiger partial charge in [-0.1, -0.05) is 12.1 Å². The quantitative estimate of drug-likeness (QED) is 0.784. The van der Waals surface area contributed by atoms with Gasteiger partial charge in [0.05, 0.1) is 18.3 Å². The number of nitrogens with zero attached hydrogens (tertiary/aromatic N) is 3. The van der Waals surface area contributed by atoms with Crippen LogP contribution in [-0.2, 0) is 11.2 Å². The Bertz CT molecular complexity index is 943. The Morgan fingerprint density at radius 1 is 1.45 bits per heavy atom. The molecule has 2 aromatic rings. The smallest absolute Gasteiger partial charge is 0.237 e. The van der Waals surface area contributed by atoms with E-state index in [1.807, 2.05) is 26.8 Å². The van der Waals surface area contributed by atoms with Gasteiger partial charge in [0, 0.05) is 29.8 Å². The van der Waals surface area contributed by atoms with Gasteiger partial charge in [0.15, 0.2) is 0 Å². The molecule has 1 atom stereocenters. The van der Waals surface area contributed by atoms with Crippen LogP contribution in [0.15, 0.2) is 18.2 Å². The largest absolute Gasteiger partial charge is 0.342 e. The van der Waals surface area contributed by atoms with Crippen LogP contribution >= 0.6 is 0 Å². The molecule has 2 N–H and O–H groups in total. The number of H-pyrrole nitrogens is 1. The number of imidazole rings is 1. The van der Waals surface area contributed by atoms with Crippen LogP contribution in [0.3, 0.4) is 0 Å². The molecule has 1 aliphatic rings. The molecule has 2 heterocycles. The first-order valence-corrected chi connectivity index (χ1v) is 9.96. The Balaban J connectivity index is 1.65. The van der Waals surface area contributed by atoms with Crippen molar-refractivity contribution in [3.05, 3.63) is 41.0 Å². The molecule has 1 saturated heterocycles. The van der Waals surface area contributed by atoms with Crippen molar-refractivity contribution in [2.75, 3.05) is 13.1 Å². The molecular weight excluding hydrogens is 369 g/mol. The molecule has 1 amide bonds. The van der Waals surface area contributed by atoms with Gasteiger partial charge in [-0.2, -0.15) is 5.26 Å². The molecule has 0 bridgehead atoms. The Labute approximate surface area is 171 Å². The molecule has 154 valence electrons. The number of hydrogen-bond donors (Lipinski definition) is 2. The van der Waals surface area contributed by atoms with E-state index in [0.717, 1.165) is 24.2 Å². The minimum Gasteiger partial charge on any atom is -0.342 e. The first-order valence-electron chi connectivity index (χ1n) is 9.96. The number of likely N-dealkylation sites (tertiary alicyclic amines) is 1. The molecule has 0 radical (unpaired) electrons. The summed E-state index contributed by atoms with van der Waals surface area (Å²) in [6.07, 6.45) is 2.24. The van der Waals surface area contributed by atoms with E-state index in [1.54, 1.807) is 17.9 Å². The van der Waals surface area contributed by atoms with Crippen LogP contribution in [0.4, 0.5) is 4.39 Å². The number of aryl methyl sites for hydroxylation is 2. The van der Waals surface area contributed by atoms with E-state index in [2.05, 4.69) is 21.4 Å². The van der Waals surface area contributed by atoms with Gasteiger partial charge >= 0.3 is 0 Å². The first kappa shape index (κ1) is 21.0. The van der Waals surface area contributed by atoms with Crippen molar-refractivity contribution in [3.63, 3.8) is 0 Å². The fraction of sp³-hybridized carbons (Fsp3) is 0.500. The normalized spacial score (nSPS) is 16.8. The van der Waals surface area contributed by atoms with Crippen LogP contribution in [0.5, 0.6) is 0 Å². The topological polar surface area (TPSA) is 84.8 Å². The number of benzene rings is 1. The molecule has 29 heavy (non-hydrogen) atoms. The van der Waals surface area contributed by atoms with Crippen molar-refractivity contribution < 1.29 is 9.18 Å². The molecule has 1 aromatic carbocycles. The van der Waals surface area contributed by atoms with E-state index in [-0.39, 0.29) is 29.8 Å². The molecule has 1 aromatic heterocycles. The molecule has 0 aliphatic carbocycles. The third-order valence-electron chi connectivity index (χ3n) is 5.48. The van der Waals surface area contributed by atoms with Gasteiger partial charge in [0.2, 0.25) is 5.91 Å². The molecular formula is C22H28FN5O. The SMILES string of the molecule is Cc1ccc(-c2nc(CC(C)(C)NCC(=O)N3CCCC3C#N)c(C)[nH]2)cc1F. The highest BCUT2D eigenvalue weighted by Gasteiger charge is 2.30. The van der Waals surface area contributed by atoms with Gasteiger partial charge in [0.25, 0.3) is 0 Å². The van der Waals surface area contributed by atoms with E-state index < -0.39 is 0 Å². The molecule has 6 nitrogen and oxygen atoms in total. The van der Waals surface area contributed by atoms with E-state index in [4.69, 9.17) is 5.26 Å². The zero-order valence-electron chi connectivity index (χ0n) is 17.5. The van der Waals surface area contributed by atoms with Crippen LogP contribution in [0.1, 0.15) is 43.6 Å². The lowest BCUT2D eigenvalue weighted by atomic mass is 9.97. The second-order valence-electron chi connectivity index (χ2n) is 8.41. The summed E-state index contributed by atoms with van der Waals surface area (Å²) in [5, 5.41) is 12.5. The fourth-order valence-electron chi connectivity index (χ4n) is 3.64. The number of nitriles is 1. The van der Waals surface area contributed by atoms with E-state index in [1.165, 1.54) is 6.07 Å². The standard InChI is InChI=1S/C22H28FN5O/c1-14-7-8-16(10-18(14)23)21-26-15(2)19(27-21)11-22(3,4)25-13-20(29)28-9-5-6-17(28)12-24/h7-8,10,17,25H,5-6,9,11,13H2,1-4H3,(H,26,27). The maximum Gasteiger partial charge on any atom is 0.237 e. The van der Waals surface area contributed by atoms with Gasteiger partial charge < -0.3 is 15.2 Å². The second kappa shape index (κ2) is 8.34. The van der Waals surface area contributed by atoms with Crippen LogP contribution < -0.4 is 5.32 Å². The first-order chi connectivity index (χ1) is 13.7. The maximum atomic E-state index is 13.9. The lowest BCUT2D eigenvalue weighted by molar-refractivity contribution is -0.130. The number of halogens is 1. The lowest BCUT2D eigenvalue weighted by Gasteiger charge is -2.28. The fourth-order valence-corrected chi connectivity index (χ4v) is 3.64. The van der Waals surface area contributed by atoms with Crippen molar-refractivity contribution in [2.45, 2.75) is 58.5 Å². The molecule has 1 unspecified atom stereocenters. The van der Waals surface area contributed by atoms with Crippen molar-refractivity contribution in [1.29, 1.82) is 5.26 Å². The number of rotatable bonds is 6. The summed E-state index contributed by atoms with van der Waals surface area (Å²) in [5.41, 5.74) is 2.74. The minimum absolute atomic E-state index is 0.0447. The second-order valence-corrected chi connectivity index (χ2v) is 8.41. The Kier molecular flexibility index (Phi) is 6.04.